The minimum absolute atomic E-state index is 0.344. The van der Waals surface area contributed by atoms with Crippen molar-refractivity contribution in [1.82, 2.24) is 0 Å². The Labute approximate surface area is 66.1 Å². The molecule has 0 unspecified atom stereocenters. The number of rotatable bonds is 2. The highest BCUT2D eigenvalue weighted by Crippen LogP contribution is 1.92. The standard InChI is InChI=1S/C4H10O.C3H4O3/c1-2-3-4-5;4-3-5-1-2-6-3/h5H,2-4H2,1H3;1-2H2. The van der Waals surface area contributed by atoms with E-state index in [9.17, 15) is 4.79 Å². The third kappa shape index (κ3) is 7.12. The largest absolute Gasteiger partial charge is 0.508 e. The summed E-state index contributed by atoms with van der Waals surface area (Å²) in [6.45, 7) is 3.23. The summed E-state index contributed by atoms with van der Waals surface area (Å²) in [6.07, 6.45) is 1.49. The van der Waals surface area contributed by atoms with E-state index in [-0.39, 0.29) is 0 Å². The van der Waals surface area contributed by atoms with Gasteiger partial charge in [-0.05, 0) is 6.42 Å². The number of cyclic esters (lactones) is 2. The van der Waals surface area contributed by atoms with Crippen molar-refractivity contribution < 1.29 is 19.4 Å². The van der Waals surface area contributed by atoms with Gasteiger partial charge in [-0.3, -0.25) is 0 Å². The van der Waals surface area contributed by atoms with E-state index in [1.165, 1.54) is 0 Å². The molecule has 0 amide bonds. The van der Waals surface area contributed by atoms with Crippen LogP contribution >= 0.6 is 0 Å². The van der Waals surface area contributed by atoms with Crippen molar-refractivity contribution in [3.05, 3.63) is 0 Å². The van der Waals surface area contributed by atoms with E-state index in [0.717, 1.165) is 12.8 Å². The van der Waals surface area contributed by atoms with Crippen molar-refractivity contribution in [2.75, 3.05) is 19.8 Å². The Balaban J connectivity index is 0.000000187. The van der Waals surface area contributed by atoms with Crippen LogP contribution in [0.4, 0.5) is 4.79 Å². The van der Waals surface area contributed by atoms with Crippen molar-refractivity contribution in [1.29, 1.82) is 0 Å². The van der Waals surface area contributed by atoms with Gasteiger partial charge in [-0.15, -0.1) is 0 Å². The van der Waals surface area contributed by atoms with E-state index in [4.69, 9.17) is 5.11 Å². The van der Waals surface area contributed by atoms with Crippen LogP contribution in [0.3, 0.4) is 0 Å². The van der Waals surface area contributed by atoms with Gasteiger partial charge in [0.25, 0.3) is 0 Å². The molecule has 11 heavy (non-hydrogen) atoms. The van der Waals surface area contributed by atoms with Gasteiger partial charge in [-0.25, -0.2) is 4.79 Å². The number of unbranched alkanes of at least 4 members (excludes halogenated alkanes) is 1. The van der Waals surface area contributed by atoms with Crippen LogP contribution in [0.15, 0.2) is 0 Å². The zero-order valence-electron chi connectivity index (χ0n) is 6.71. The summed E-state index contributed by atoms with van der Waals surface area (Å²) in [5, 5.41) is 8.07. The third-order valence-electron chi connectivity index (χ3n) is 1.03. The number of ether oxygens (including phenoxy) is 2. The first-order valence-corrected chi connectivity index (χ1v) is 3.71. The Hall–Kier alpha value is -0.770. The molecule has 1 rings (SSSR count). The van der Waals surface area contributed by atoms with Gasteiger partial charge in [0.1, 0.15) is 13.2 Å². The molecule has 66 valence electrons. The molecular formula is C7H14O4. The van der Waals surface area contributed by atoms with Crippen LogP contribution in [0.5, 0.6) is 0 Å². The van der Waals surface area contributed by atoms with E-state index in [1.807, 2.05) is 0 Å². The molecular weight excluding hydrogens is 148 g/mol. The number of hydrogen-bond donors (Lipinski definition) is 1. The van der Waals surface area contributed by atoms with Crippen LogP contribution in [-0.4, -0.2) is 31.1 Å². The lowest BCUT2D eigenvalue weighted by molar-refractivity contribution is 0.131. The molecule has 0 atom stereocenters. The number of aliphatic hydroxyl groups excluding tert-OH is 1. The van der Waals surface area contributed by atoms with Crippen molar-refractivity contribution in [2.24, 2.45) is 0 Å². The molecule has 4 heteroatoms. The number of aliphatic hydroxyl groups is 1. The van der Waals surface area contributed by atoms with Gasteiger partial charge in [-0.2, -0.15) is 0 Å². The SMILES string of the molecule is CCCCO.O=C1OCCO1. The topological polar surface area (TPSA) is 55.8 Å². The number of carbonyl (C=O) groups excluding carboxylic acids is 1. The van der Waals surface area contributed by atoms with Gasteiger partial charge in [0.15, 0.2) is 0 Å². The summed E-state index contributed by atoms with van der Waals surface area (Å²) in [6, 6.07) is 0. The highest BCUT2D eigenvalue weighted by Gasteiger charge is 2.09. The molecule has 1 aliphatic heterocycles. The van der Waals surface area contributed by atoms with E-state index >= 15 is 0 Å². The predicted octanol–water partition coefficient (Wildman–Crippen LogP) is 0.932. The van der Waals surface area contributed by atoms with Crippen molar-refractivity contribution in [2.45, 2.75) is 19.8 Å². The summed E-state index contributed by atoms with van der Waals surface area (Å²) < 4.78 is 8.58. The van der Waals surface area contributed by atoms with Crippen LogP contribution in [0.2, 0.25) is 0 Å². The van der Waals surface area contributed by atoms with Crippen LogP contribution in [-0.2, 0) is 9.47 Å². The lowest BCUT2D eigenvalue weighted by Gasteiger charge is -1.79. The fourth-order valence-electron chi connectivity index (χ4n) is 0.450. The molecule has 0 aromatic rings. The maximum Gasteiger partial charge on any atom is 0.508 e. The maximum absolute atomic E-state index is 9.80. The van der Waals surface area contributed by atoms with Gasteiger partial charge < -0.3 is 14.6 Å². The lowest BCUT2D eigenvalue weighted by Crippen LogP contribution is -1.88. The average molecular weight is 162 g/mol. The highest BCUT2D eigenvalue weighted by molar-refractivity contribution is 5.61. The second-order valence-electron chi connectivity index (χ2n) is 2.02. The Morgan fingerprint density at radius 1 is 1.45 bits per heavy atom. The van der Waals surface area contributed by atoms with E-state index in [0.29, 0.717) is 19.8 Å². The van der Waals surface area contributed by atoms with Gasteiger partial charge in [-0.1, -0.05) is 13.3 Å². The summed E-state index contributed by atoms with van der Waals surface area (Å²) in [5.74, 6) is 0. The Morgan fingerprint density at radius 2 is 2.00 bits per heavy atom. The van der Waals surface area contributed by atoms with E-state index in [2.05, 4.69) is 16.4 Å². The van der Waals surface area contributed by atoms with Crippen LogP contribution in [0, 0.1) is 0 Å². The van der Waals surface area contributed by atoms with Gasteiger partial charge in [0.2, 0.25) is 0 Å². The third-order valence-corrected chi connectivity index (χ3v) is 1.03. The minimum atomic E-state index is -0.546. The summed E-state index contributed by atoms with van der Waals surface area (Å²) in [7, 11) is 0. The zero-order chi connectivity index (χ0) is 8.53. The quantitative estimate of drug-likeness (QED) is 0.614. The van der Waals surface area contributed by atoms with Crippen molar-refractivity contribution >= 4 is 6.16 Å². The Bertz CT molecular complexity index is 92.6. The maximum atomic E-state index is 9.80. The first kappa shape index (κ1) is 10.2. The van der Waals surface area contributed by atoms with Crippen LogP contribution in [0.25, 0.3) is 0 Å². The van der Waals surface area contributed by atoms with Gasteiger partial charge in [0, 0.05) is 6.61 Å². The number of carbonyl (C=O) groups is 1. The fraction of sp³-hybridized carbons (Fsp3) is 0.857. The summed E-state index contributed by atoms with van der Waals surface area (Å²) in [5.41, 5.74) is 0. The van der Waals surface area contributed by atoms with Gasteiger partial charge >= 0.3 is 6.16 Å². The zero-order valence-corrected chi connectivity index (χ0v) is 6.71. The molecule has 1 heterocycles. The van der Waals surface area contributed by atoms with Crippen molar-refractivity contribution in [3.63, 3.8) is 0 Å². The van der Waals surface area contributed by atoms with Crippen LogP contribution < -0.4 is 0 Å². The smallest absolute Gasteiger partial charge is 0.431 e. The molecule has 1 saturated heterocycles. The number of hydrogen-bond acceptors (Lipinski definition) is 4. The van der Waals surface area contributed by atoms with Crippen molar-refractivity contribution in [3.8, 4) is 0 Å². The second kappa shape index (κ2) is 7.34. The molecule has 0 radical (unpaired) electrons. The Kier molecular flexibility index (Phi) is 6.82. The molecule has 1 fully saturated rings. The molecule has 1 N–H and O–H groups in total. The van der Waals surface area contributed by atoms with E-state index < -0.39 is 6.16 Å². The molecule has 1 aliphatic rings. The monoisotopic (exact) mass is 162 g/mol. The first-order chi connectivity index (χ1) is 5.31. The minimum Gasteiger partial charge on any atom is -0.431 e. The average Bonchev–Trinajstić information content (AvgIpc) is 2.43. The summed E-state index contributed by atoms with van der Waals surface area (Å²) >= 11 is 0. The van der Waals surface area contributed by atoms with Gasteiger partial charge in [0.05, 0.1) is 0 Å². The first-order valence-electron chi connectivity index (χ1n) is 3.71. The fourth-order valence-corrected chi connectivity index (χ4v) is 0.450. The Morgan fingerprint density at radius 3 is 2.09 bits per heavy atom. The lowest BCUT2D eigenvalue weighted by atomic mass is 10.4. The molecule has 4 nitrogen and oxygen atoms in total. The molecule has 0 bridgehead atoms. The predicted molar refractivity (Wildman–Crippen MR) is 39.3 cm³/mol. The van der Waals surface area contributed by atoms with E-state index in [1.54, 1.807) is 0 Å². The molecule has 0 aliphatic carbocycles. The highest BCUT2D eigenvalue weighted by atomic mass is 16.8. The summed E-state index contributed by atoms with van der Waals surface area (Å²) in [4.78, 5) is 9.80. The molecule has 0 saturated carbocycles. The van der Waals surface area contributed by atoms with Crippen LogP contribution in [0.1, 0.15) is 19.8 Å². The molecule has 0 aromatic heterocycles. The molecule has 0 aromatic carbocycles. The normalized spacial score (nSPS) is 14.5. The molecule has 0 spiro atoms. The second-order valence-corrected chi connectivity index (χ2v) is 2.02.